The monoisotopic (exact) mass is 434 g/mol. The van der Waals surface area contributed by atoms with Gasteiger partial charge in [-0.3, -0.25) is 9.59 Å². The molecule has 0 saturated carbocycles. The minimum absolute atomic E-state index is 0.193. The van der Waals surface area contributed by atoms with Gasteiger partial charge in [0, 0.05) is 24.0 Å². The number of hydrogen-bond donors (Lipinski definition) is 0. The van der Waals surface area contributed by atoms with E-state index >= 15 is 0 Å². The molecule has 0 aromatic heterocycles. The molecule has 0 saturated heterocycles. The minimum Gasteiger partial charge on any atom is -0.294 e. The van der Waals surface area contributed by atoms with E-state index in [4.69, 9.17) is 0 Å². The Balaban J connectivity index is 2.00. The van der Waals surface area contributed by atoms with Crippen molar-refractivity contribution in [1.29, 1.82) is 0 Å². The summed E-state index contributed by atoms with van der Waals surface area (Å²) in [4.78, 5) is 24.8. The molecule has 0 aliphatic heterocycles. The molecule has 0 unspecified atom stereocenters. The molecule has 0 bridgehead atoms. The second-order valence-electron chi connectivity index (χ2n) is 8.67. The lowest BCUT2D eigenvalue weighted by Gasteiger charge is -2.06. The summed E-state index contributed by atoms with van der Waals surface area (Å²) in [5, 5.41) is 8.79. The Morgan fingerprint density at radius 3 is 1.38 bits per heavy atom. The van der Waals surface area contributed by atoms with E-state index in [-0.39, 0.29) is 11.6 Å². The molecule has 2 aromatic carbocycles. The summed E-state index contributed by atoms with van der Waals surface area (Å²) in [5.41, 5.74) is 4.87. The molecular formula is C28H38N2O2. The molecule has 0 fully saturated rings. The first-order valence-electron chi connectivity index (χ1n) is 12.2. The van der Waals surface area contributed by atoms with Gasteiger partial charge in [-0.2, -0.15) is 10.2 Å². The predicted octanol–water partition coefficient (Wildman–Crippen LogP) is 9.03. The molecule has 0 heterocycles. The van der Waals surface area contributed by atoms with Crippen molar-refractivity contribution in [3.63, 3.8) is 0 Å². The van der Waals surface area contributed by atoms with Crippen molar-refractivity contribution in [2.45, 2.75) is 91.9 Å². The van der Waals surface area contributed by atoms with Crippen LogP contribution in [0.4, 0.5) is 11.4 Å². The molecule has 0 N–H and O–H groups in total. The largest absolute Gasteiger partial charge is 0.294 e. The lowest BCUT2D eigenvalue weighted by molar-refractivity contribution is 0.0971. The summed E-state index contributed by atoms with van der Waals surface area (Å²) < 4.78 is 0. The van der Waals surface area contributed by atoms with Crippen LogP contribution in [0.3, 0.4) is 0 Å². The molecule has 2 aromatic rings. The number of carbonyl (C=O) groups is 2. The molecule has 0 radical (unpaired) electrons. The number of carbonyl (C=O) groups excluding carboxylic acids is 2. The summed E-state index contributed by atoms with van der Waals surface area (Å²) in [6, 6.07) is 11.2. The van der Waals surface area contributed by atoms with E-state index in [2.05, 4.69) is 24.1 Å². The highest BCUT2D eigenvalue weighted by Crippen LogP contribution is 2.26. The standard InChI is InChI=1S/C28H38N2O2/c1-5-7-9-11-13-27(31)23-15-17-25(21(3)19-23)29-30-26-18-16-24(20-22(26)4)28(32)14-12-10-8-6-2/h15-20H,5-14H2,1-4H3. The number of benzene rings is 2. The van der Waals surface area contributed by atoms with E-state index in [1.807, 2.05) is 50.2 Å². The van der Waals surface area contributed by atoms with Crippen molar-refractivity contribution >= 4 is 22.9 Å². The van der Waals surface area contributed by atoms with Gasteiger partial charge in [-0.1, -0.05) is 52.4 Å². The van der Waals surface area contributed by atoms with Crippen LogP contribution in [0, 0.1) is 13.8 Å². The average Bonchev–Trinajstić information content (AvgIpc) is 2.79. The van der Waals surface area contributed by atoms with E-state index in [0.717, 1.165) is 59.3 Å². The topological polar surface area (TPSA) is 58.9 Å². The lowest BCUT2D eigenvalue weighted by Crippen LogP contribution is -1.99. The van der Waals surface area contributed by atoms with Gasteiger partial charge in [0.05, 0.1) is 11.4 Å². The van der Waals surface area contributed by atoms with Gasteiger partial charge in [-0.25, -0.2) is 0 Å². The van der Waals surface area contributed by atoms with Crippen LogP contribution >= 0.6 is 0 Å². The maximum Gasteiger partial charge on any atom is 0.162 e. The number of aryl methyl sites for hydroxylation is 2. The van der Waals surface area contributed by atoms with Crippen LogP contribution in [0.25, 0.3) is 0 Å². The lowest BCUT2D eigenvalue weighted by atomic mass is 10.0. The first-order chi connectivity index (χ1) is 15.5. The molecule has 4 heteroatoms. The number of azo groups is 1. The summed E-state index contributed by atoms with van der Waals surface area (Å²) >= 11 is 0. The van der Waals surface area contributed by atoms with Gasteiger partial charge < -0.3 is 0 Å². The number of hydrogen-bond acceptors (Lipinski definition) is 4. The highest BCUT2D eigenvalue weighted by Gasteiger charge is 2.09. The summed E-state index contributed by atoms with van der Waals surface area (Å²) in [7, 11) is 0. The maximum absolute atomic E-state index is 12.4. The highest BCUT2D eigenvalue weighted by atomic mass is 16.1. The van der Waals surface area contributed by atoms with Crippen molar-refractivity contribution in [3.05, 3.63) is 58.7 Å². The van der Waals surface area contributed by atoms with Crippen LogP contribution in [0.2, 0.25) is 0 Å². The van der Waals surface area contributed by atoms with Crippen LogP contribution < -0.4 is 0 Å². The molecule has 0 atom stereocenters. The Hall–Kier alpha value is -2.62. The summed E-state index contributed by atoms with van der Waals surface area (Å²) in [5.74, 6) is 0.386. The maximum atomic E-state index is 12.4. The van der Waals surface area contributed by atoms with Gasteiger partial charge in [0.2, 0.25) is 0 Å². The highest BCUT2D eigenvalue weighted by molar-refractivity contribution is 5.97. The fraction of sp³-hybridized carbons (Fsp3) is 0.500. The SMILES string of the molecule is CCCCCCC(=O)c1ccc(N=Nc2ccc(C(=O)CCCCCC)cc2C)c(C)c1. The van der Waals surface area contributed by atoms with E-state index in [1.165, 1.54) is 25.7 Å². The molecule has 2 rings (SSSR count). The van der Waals surface area contributed by atoms with Gasteiger partial charge in [0.15, 0.2) is 11.6 Å². The van der Waals surface area contributed by atoms with Crippen molar-refractivity contribution < 1.29 is 9.59 Å². The van der Waals surface area contributed by atoms with Crippen molar-refractivity contribution in [3.8, 4) is 0 Å². The number of unbranched alkanes of at least 4 members (excludes halogenated alkanes) is 6. The van der Waals surface area contributed by atoms with Crippen LogP contribution in [-0.2, 0) is 0 Å². The Morgan fingerprint density at radius 1 is 0.625 bits per heavy atom. The molecule has 0 aliphatic rings. The Labute approximate surface area is 193 Å². The fourth-order valence-electron chi connectivity index (χ4n) is 3.70. The molecule has 0 aliphatic carbocycles. The van der Waals surface area contributed by atoms with Crippen molar-refractivity contribution in [2.24, 2.45) is 10.2 Å². The molecule has 32 heavy (non-hydrogen) atoms. The van der Waals surface area contributed by atoms with Gasteiger partial charge in [-0.15, -0.1) is 0 Å². The second-order valence-corrected chi connectivity index (χ2v) is 8.67. The van der Waals surface area contributed by atoms with Crippen molar-refractivity contribution in [1.82, 2.24) is 0 Å². The summed E-state index contributed by atoms with van der Waals surface area (Å²) in [6.07, 6.45) is 10.0. The smallest absolute Gasteiger partial charge is 0.162 e. The number of ketones is 2. The third kappa shape index (κ3) is 8.14. The average molecular weight is 435 g/mol. The molecule has 0 amide bonds. The zero-order valence-corrected chi connectivity index (χ0v) is 20.2. The normalized spacial score (nSPS) is 11.2. The summed E-state index contributed by atoms with van der Waals surface area (Å²) in [6.45, 7) is 8.25. The van der Waals surface area contributed by atoms with Crippen LogP contribution in [-0.4, -0.2) is 11.6 Å². The number of nitrogens with zero attached hydrogens (tertiary/aromatic N) is 2. The Bertz CT molecular complexity index is 856. The molecule has 4 nitrogen and oxygen atoms in total. The first kappa shape index (κ1) is 25.6. The van der Waals surface area contributed by atoms with Gasteiger partial charge in [-0.05, 0) is 74.2 Å². The zero-order valence-electron chi connectivity index (χ0n) is 20.2. The Kier molecular flexibility index (Phi) is 11.0. The fourth-order valence-corrected chi connectivity index (χ4v) is 3.70. The minimum atomic E-state index is 0.193. The molecule has 172 valence electrons. The van der Waals surface area contributed by atoms with Gasteiger partial charge in [0.25, 0.3) is 0 Å². The van der Waals surface area contributed by atoms with E-state index in [0.29, 0.717) is 12.8 Å². The predicted molar refractivity (Wildman–Crippen MR) is 133 cm³/mol. The van der Waals surface area contributed by atoms with Crippen LogP contribution in [0.5, 0.6) is 0 Å². The second kappa shape index (κ2) is 13.7. The van der Waals surface area contributed by atoms with Crippen molar-refractivity contribution in [2.75, 3.05) is 0 Å². The third-order valence-corrected chi connectivity index (χ3v) is 5.82. The van der Waals surface area contributed by atoms with Crippen LogP contribution in [0.15, 0.2) is 46.6 Å². The molecule has 0 spiro atoms. The number of Topliss-reactive ketones (excluding diaryl/α,β-unsaturated/α-hetero) is 2. The first-order valence-corrected chi connectivity index (χ1v) is 12.2. The van der Waals surface area contributed by atoms with E-state index in [9.17, 15) is 9.59 Å². The van der Waals surface area contributed by atoms with E-state index < -0.39 is 0 Å². The quantitative estimate of drug-likeness (QED) is 0.169. The Morgan fingerprint density at radius 2 is 1.03 bits per heavy atom. The van der Waals surface area contributed by atoms with Gasteiger partial charge >= 0.3 is 0 Å². The zero-order chi connectivity index (χ0) is 23.3. The number of rotatable bonds is 14. The van der Waals surface area contributed by atoms with E-state index in [1.54, 1.807) is 0 Å². The third-order valence-electron chi connectivity index (χ3n) is 5.82. The molecular weight excluding hydrogens is 396 g/mol. The van der Waals surface area contributed by atoms with Gasteiger partial charge in [0.1, 0.15) is 0 Å². The van der Waals surface area contributed by atoms with Crippen LogP contribution in [0.1, 0.15) is 110 Å².